The Kier molecular flexibility index (Phi) is 6.58. The molecule has 0 unspecified atom stereocenters. The fourth-order valence-electron chi connectivity index (χ4n) is 3.60. The van der Waals surface area contributed by atoms with Crippen LogP contribution in [0, 0.1) is 19.8 Å². The van der Waals surface area contributed by atoms with Crippen LogP contribution in [0.1, 0.15) is 36.7 Å². The summed E-state index contributed by atoms with van der Waals surface area (Å²) in [5.74, 6) is -0.0255. The monoisotopic (exact) mass is 350 g/mol. The predicted octanol–water partition coefficient (Wildman–Crippen LogP) is 0.969. The Morgan fingerprint density at radius 3 is 2.72 bits per heavy atom. The van der Waals surface area contributed by atoms with Gasteiger partial charge in [-0.2, -0.15) is 5.10 Å². The van der Waals surface area contributed by atoms with Gasteiger partial charge in [-0.25, -0.2) is 0 Å². The average Bonchev–Trinajstić information content (AvgIpc) is 2.80. The number of piperidine rings is 1. The highest BCUT2D eigenvalue weighted by molar-refractivity contribution is 5.84. The average molecular weight is 350 g/mol. The number of amides is 2. The molecule has 1 aliphatic rings. The first kappa shape index (κ1) is 19.4. The lowest BCUT2D eigenvalue weighted by Gasteiger charge is -2.38. The summed E-state index contributed by atoms with van der Waals surface area (Å²) >= 11 is 0. The van der Waals surface area contributed by atoms with Crippen LogP contribution in [0.15, 0.2) is 0 Å². The molecule has 7 heteroatoms. The highest BCUT2D eigenvalue weighted by Gasteiger charge is 2.36. The molecule has 2 atom stereocenters. The number of rotatable bonds is 7. The standard InChI is InChI=1S/C18H30N4O3/c1-12-15(13(2)21(4)20-12)8-9-19-18(24)16-6-7-17(23)22(14(16)3)10-11-25-5/h14,16H,6-11H2,1-5H3,(H,19,24)/t14-,16-/m1/s1. The molecular weight excluding hydrogens is 320 g/mol. The number of likely N-dealkylation sites (tertiary alicyclic amines) is 1. The summed E-state index contributed by atoms with van der Waals surface area (Å²) in [6, 6.07) is -0.0988. The molecule has 1 saturated heterocycles. The molecule has 0 aromatic carbocycles. The van der Waals surface area contributed by atoms with E-state index < -0.39 is 0 Å². The van der Waals surface area contributed by atoms with Gasteiger partial charge in [0.2, 0.25) is 11.8 Å². The molecular formula is C18H30N4O3. The van der Waals surface area contributed by atoms with Crippen LogP contribution in [0.3, 0.4) is 0 Å². The van der Waals surface area contributed by atoms with Gasteiger partial charge in [0.1, 0.15) is 0 Å². The summed E-state index contributed by atoms with van der Waals surface area (Å²) in [4.78, 5) is 26.5. The lowest BCUT2D eigenvalue weighted by atomic mass is 9.89. The SMILES string of the molecule is COCCN1C(=O)CC[C@@H](C(=O)NCCc2c(C)nn(C)c2C)[C@H]1C. The molecule has 1 fully saturated rings. The normalized spacial score (nSPS) is 20.8. The fraction of sp³-hybridized carbons (Fsp3) is 0.722. The van der Waals surface area contributed by atoms with E-state index in [1.165, 1.54) is 5.56 Å². The lowest BCUT2D eigenvalue weighted by Crippen LogP contribution is -2.52. The molecule has 0 spiro atoms. The summed E-state index contributed by atoms with van der Waals surface area (Å²) in [5, 5.41) is 7.45. The van der Waals surface area contributed by atoms with E-state index in [0.717, 1.165) is 17.8 Å². The van der Waals surface area contributed by atoms with E-state index in [9.17, 15) is 9.59 Å². The minimum atomic E-state index is -0.161. The third-order valence-electron chi connectivity index (χ3n) is 5.27. The fourth-order valence-corrected chi connectivity index (χ4v) is 3.60. The number of methoxy groups -OCH3 is 1. The Bertz CT molecular complexity index is 626. The first-order chi connectivity index (χ1) is 11.9. The number of nitrogens with zero attached hydrogens (tertiary/aromatic N) is 3. The minimum absolute atomic E-state index is 0.0293. The Balaban J connectivity index is 1.90. The number of nitrogens with one attached hydrogen (secondary N) is 1. The topological polar surface area (TPSA) is 76.5 Å². The van der Waals surface area contributed by atoms with E-state index in [4.69, 9.17) is 4.74 Å². The van der Waals surface area contributed by atoms with Crippen molar-refractivity contribution in [2.24, 2.45) is 13.0 Å². The second-order valence-corrected chi connectivity index (χ2v) is 6.78. The molecule has 140 valence electrons. The predicted molar refractivity (Wildman–Crippen MR) is 95.2 cm³/mol. The second kappa shape index (κ2) is 8.47. The zero-order valence-corrected chi connectivity index (χ0v) is 16.0. The van der Waals surface area contributed by atoms with Gasteiger partial charge in [-0.05, 0) is 39.2 Å². The number of ether oxygens (including phenoxy) is 1. The lowest BCUT2D eigenvalue weighted by molar-refractivity contribution is -0.143. The van der Waals surface area contributed by atoms with E-state index in [-0.39, 0.29) is 23.8 Å². The van der Waals surface area contributed by atoms with E-state index in [1.807, 2.05) is 32.5 Å². The van der Waals surface area contributed by atoms with Crippen LogP contribution in [0.25, 0.3) is 0 Å². The molecule has 2 amide bonds. The van der Waals surface area contributed by atoms with Crippen molar-refractivity contribution in [3.63, 3.8) is 0 Å². The van der Waals surface area contributed by atoms with Crippen LogP contribution in [-0.2, 0) is 27.8 Å². The van der Waals surface area contributed by atoms with E-state index >= 15 is 0 Å². The smallest absolute Gasteiger partial charge is 0.225 e. The summed E-state index contributed by atoms with van der Waals surface area (Å²) in [7, 11) is 3.55. The van der Waals surface area contributed by atoms with Gasteiger partial charge in [0.15, 0.2) is 0 Å². The Morgan fingerprint density at radius 1 is 1.40 bits per heavy atom. The Hall–Kier alpha value is -1.89. The number of hydrogen-bond donors (Lipinski definition) is 1. The number of aromatic nitrogens is 2. The third kappa shape index (κ3) is 4.39. The van der Waals surface area contributed by atoms with Crippen molar-refractivity contribution >= 4 is 11.8 Å². The minimum Gasteiger partial charge on any atom is -0.383 e. The molecule has 0 bridgehead atoms. The molecule has 0 aliphatic carbocycles. The first-order valence-corrected chi connectivity index (χ1v) is 8.92. The Morgan fingerprint density at radius 2 is 2.12 bits per heavy atom. The van der Waals surface area contributed by atoms with Gasteiger partial charge in [-0.1, -0.05) is 0 Å². The molecule has 0 radical (unpaired) electrons. The van der Waals surface area contributed by atoms with Gasteiger partial charge in [-0.15, -0.1) is 0 Å². The summed E-state index contributed by atoms with van der Waals surface area (Å²) in [6.45, 7) is 7.60. The quantitative estimate of drug-likeness (QED) is 0.795. The van der Waals surface area contributed by atoms with Crippen molar-refractivity contribution in [1.29, 1.82) is 0 Å². The number of hydrogen-bond acceptors (Lipinski definition) is 4. The van der Waals surface area contributed by atoms with E-state index in [2.05, 4.69) is 10.4 Å². The van der Waals surface area contributed by atoms with Gasteiger partial charge in [0, 0.05) is 45.4 Å². The van der Waals surface area contributed by atoms with Crippen molar-refractivity contribution in [3.05, 3.63) is 17.0 Å². The van der Waals surface area contributed by atoms with Crippen molar-refractivity contribution in [3.8, 4) is 0 Å². The molecule has 25 heavy (non-hydrogen) atoms. The van der Waals surface area contributed by atoms with Crippen LogP contribution in [0.2, 0.25) is 0 Å². The molecule has 1 N–H and O–H groups in total. The van der Waals surface area contributed by atoms with Crippen LogP contribution in [0.4, 0.5) is 0 Å². The first-order valence-electron chi connectivity index (χ1n) is 8.92. The van der Waals surface area contributed by atoms with Crippen LogP contribution in [-0.4, -0.2) is 59.3 Å². The molecule has 7 nitrogen and oxygen atoms in total. The number of carbonyl (C=O) groups excluding carboxylic acids is 2. The van der Waals surface area contributed by atoms with Crippen molar-refractivity contribution < 1.29 is 14.3 Å². The van der Waals surface area contributed by atoms with Gasteiger partial charge in [0.25, 0.3) is 0 Å². The molecule has 0 saturated carbocycles. The van der Waals surface area contributed by atoms with Gasteiger partial charge < -0.3 is 15.0 Å². The van der Waals surface area contributed by atoms with Gasteiger partial charge >= 0.3 is 0 Å². The van der Waals surface area contributed by atoms with E-state index in [1.54, 1.807) is 12.0 Å². The maximum absolute atomic E-state index is 12.6. The van der Waals surface area contributed by atoms with Crippen molar-refractivity contribution in [2.75, 3.05) is 26.8 Å². The van der Waals surface area contributed by atoms with Gasteiger partial charge in [0.05, 0.1) is 18.2 Å². The number of carbonyl (C=O) groups is 2. The van der Waals surface area contributed by atoms with Crippen LogP contribution in [0.5, 0.6) is 0 Å². The molecule has 2 rings (SSSR count). The molecule has 1 aromatic heterocycles. The van der Waals surface area contributed by atoms with Crippen molar-refractivity contribution in [1.82, 2.24) is 20.0 Å². The highest BCUT2D eigenvalue weighted by atomic mass is 16.5. The van der Waals surface area contributed by atoms with Crippen LogP contribution < -0.4 is 5.32 Å². The molecule has 1 aliphatic heterocycles. The zero-order valence-electron chi connectivity index (χ0n) is 16.0. The highest BCUT2D eigenvalue weighted by Crippen LogP contribution is 2.24. The molecule has 1 aromatic rings. The summed E-state index contributed by atoms with van der Waals surface area (Å²) in [6.07, 6.45) is 1.80. The van der Waals surface area contributed by atoms with E-state index in [0.29, 0.717) is 32.5 Å². The maximum Gasteiger partial charge on any atom is 0.225 e. The maximum atomic E-state index is 12.6. The Labute approximate surface area is 149 Å². The largest absolute Gasteiger partial charge is 0.383 e. The number of aryl methyl sites for hydroxylation is 2. The van der Waals surface area contributed by atoms with Crippen molar-refractivity contribution in [2.45, 2.75) is 46.1 Å². The van der Waals surface area contributed by atoms with Gasteiger partial charge in [-0.3, -0.25) is 14.3 Å². The zero-order chi connectivity index (χ0) is 18.6. The molecule has 2 heterocycles. The van der Waals surface area contributed by atoms with Crippen LogP contribution >= 0.6 is 0 Å². The third-order valence-corrected chi connectivity index (χ3v) is 5.27. The summed E-state index contributed by atoms with van der Waals surface area (Å²) in [5.41, 5.74) is 3.34. The second-order valence-electron chi connectivity index (χ2n) is 6.78. The summed E-state index contributed by atoms with van der Waals surface area (Å²) < 4.78 is 6.94.